The van der Waals surface area contributed by atoms with E-state index >= 15 is 0 Å². The molecule has 19 heavy (non-hydrogen) atoms. The van der Waals surface area contributed by atoms with Gasteiger partial charge in [0.15, 0.2) is 0 Å². The van der Waals surface area contributed by atoms with Gasteiger partial charge in [0.25, 0.3) is 0 Å². The lowest BCUT2D eigenvalue weighted by molar-refractivity contribution is 0.272. The standard InChI is InChI=1S/C18H29N/c1-3-14-19-18(16-8-6-5-7-9-16)17-12-10-15(4-2)11-13-17/h10-13,16,18-19H,3-9,14H2,1-2H3. The van der Waals surface area contributed by atoms with E-state index in [0.717, 1.165) is 18.9 Å². The summed E-state index contributed by atoms with van der Waals surface area (Å²) >= 11 is 0. The molecule has 1 fully saturated rings. The highest BCUT2D eigenvalue weighted by Crippen LogP contribution is 2.34. The van der Waals surface area contributed by atoms with Gasteiger partial charge in [-0.15, -0.1) is 0 Å². The number of hydrogen-bond donors (Lipinski definition) is 1. The summed E-state index contributed by atoms with van der Waals surface area (Å²) in [5.41, 5.74) is 2.94. The van der Waals surface area contributed by atoms with Gasteiger partial charge in [0.1, 0.15) is 0 Å². The Balaban J connectivity index is 2.10. The number of hydrogen-bond acceptors (Lipinski definition) is 1. The van der Waals surface area contributed by atoms with E-state index in [1.54, 1.807) is 0 Å². The summed E-state index contributed by atoms with van der Waals surface area (Å²) in [6.45, 7) is 5.62. The molecule has 1 aromatic carbocycles. The molecule has 0 aliphatic heterocycles. The Kier molecular flexibility index (Phi) is 5.91. The Bertz CT molecular complexity index is 348. The van der Waals surface area contributed by atoms with Crippen LogP contribution in [-0.2, 0) is 6.42 Å². The molecule has 1 unspecified atom stereocenters. The van der Waals surface area contributed by atoms with Crippen molar-refractivity contribution in [3.63, 3.8) is 0 Å². The number of benzene rings is 1. The van der Waals surface area contributed by atoms with Gasteiger partial charge in [-0.3, -0.25) is 0 Å². The molecule has 1 aliphatic rings. The van der Waals surface area contributed by atoms with Crippen LogP contribution in [0.3, 0.4) is 0 Å². The van der Waals surface area contributed by atoms with Crippen LogP contribution < -0.4 is 5.32 Å². The molecule has 0 saturated heterocycles. The molecule has 1 N–H and O–H groups in total. The van der Waals surface area contributed by atoms with Crippen LogP contribution in [0.15, 0.2) is 24.3 Å². The van der Waals surface area contributed by atoms with Crippen molar-refractivity contribution >= 4 is 0 Å². The Hall–Kier alpha value is -0.820. The summed E-state index contributed by atoms with van der Waals surface area (Å²) in [6.07, 6.45) is 9.43. The lowest BCUT2D eigenvalue weighted by Crippen LogP contribution is -2.30. The summed E-state index contributed by atoms with van der Waals surface area (Å²) < 4.78 is 0. The first-order valence-corrected chi connectivity index (χ1v) is 8.17. The van der Waals surface area contributed by atoms with Crippen molar-refractivity contribution in [3.8, 4) is 0 Å². The van der Waals surface area contributed by atoms with Crippen LogP contribution in [0.1, 0.15) is 69.5 Å². The lowest BCUT2D eigenvalue weighted by Gasteiger charge is -2.31. The summed E-state index contributed by atoms with van der Waals surface area (Å²) in [4.78, 5) is 0. The van der Waals surface area contributed by atoms with Gasteiger partial charge in [0, 0.05) is 6.04 Å². The second-order valence-corrected chi connectivity index (χ2v) is 5.93. The first-order chi connectivity index (χ1) is 9.35. The summed E-state index contributed by atoms with van der Waals surface area (Å²) in [7, 11) is 0. The van der Waals surface area contributed by atoms with Gasteiger partial charge in [0.2, 0.25) is 0 Å². The molecule has 1 aliphatic carbocycles. The fraction of sp³-hybridized carbons (Fsp3) is 0.667. The average molecular weight is 259 g/mol. The van der Waals surface area contributed by atoms with Gasteiger partial charge in [-0.1, -0.05) is 57.4 Å². The highest BCUT2D eigenvalue weighted by Gasteiger charge is 2.24. The predicted octanol–water partition coefficient (Wildman–Crippen LogP) is 4.87. The van der Waals surface area contributed by atoms with E-state index in [-0.39, 0.29) is 0 Å². The second kappa shape index (κ2) is 7.69. The van der Waals surface area contributed by atoms with Crippen molar-refractivity contribution < 1.29 is 0 Å². The van der Waals surface area contributed by atoms with E-state index in [4.69, 9.17) is 0 Å². The van der Waals surface area contributed by atoms with E-state index < -0.39 is 0 Å². The molecule has 0 spiro atoms. The largest absolute Gasteiger partial charge is 0.310 e. The summed E-state index contributed by atoms with van der Waals surface area (Å²) in [5.74, 6) is 0.841. The zero-order valence-corrected chi connectivity index (χ0v) is 12.6. The maximum atomic E-state index is 3.79. The minimum atomic E-state index is 0.575. The van der Waals surface area contributed by atoms with Crippen LogP contribution in [0, 0.1) is 5.92 Å². The van der Waals surface area contributed by atoms with Crippen LogP contribution in [0.2, 0.25) is 0 Å². The van der Waals surface area contributed by atoms with E-state index in [9.17, 15) is 0 Å². The number of rotatable bonds is 6. The minimum absolute atomic E-state index is 0.575. The van der Waals surface area contributed by atoms with Crippen molar-refractivity contribution in [2.24, 2.45) is 5.92 Å². The topological polar surface area (TPSA) is 12.0 Å². The zero-order chi connectivity index (χ0) is 13.5. The Morgan fingerprint density at radius 3 is 2.32 bits per heavy atom. The van der Waals surface area contributed by atoms with Crippen molar-refractivity contribution in [1.82, 2.24) is 5.32 Å². The molecule has 0 bridgehead atoms. The van der Waals surface area contributed by atoms with Gasteiger partial charge in [0.05, 0.1) is 0 Å². The molecule has 0 heterocycles. The zero-order valence-electron chi connectivity index (χ0n) is 12.6. The van der Waals surface area contributed by atoms with Crippen LogP contribution >= 0.6 is 0 Å². The van der Waals surface area contributed by atoms with Gasteiger partial charge in [-0.2, -0.15) is 0 Å². The highest BCUT2D eigenvalue weighted by atomic mass is 14.9. The molecule has 0 radical (unpaired) electrons. The molecule has 1 saturated carbocycles. The first kappa shape index (κ1) is 14.6. The van der Waals surface area contributed by atoms with E-state index in [1.165, 1.54) is 49.7 Å². The number of nitrogens with one attached hydrogen (secondary N) is 1. The molecule has 0 amide bonds. The monoisotopic (exact) mass is 259 g/mol. The molecule has 1 heteroatoms. The number of aryl methyl sites for hydroxylation is 1. The fourth-order valence-corrected chi connectivity index (χ4v) is 3.28. The van der Waals surface area contributed by atoms with Gasteiger partial charge in [-0.25, -0.2) is 0 Å². The fourth-order valence-electron chi connectivity index (χ4n) is 3.28. The van der Waals surface area contributed by atoms with Gasteiger partial charge >= 0.3 is 0 Å². The lowest BCUT2D eigenvalue weighted by atomic mass is 9.81. The van der Waals surface area contributed by atoms with Crippen molar-refractivity contribution in [2.45, 2.75) is 64.8 Å². The third kappa shape index (κ3) is 4.07. The highest BCUT2D eigenvalue weighted by molar-refractivity contribution is 5.25. The van der Waals surface area contributed by atoms with Crippen LogP contribution in [0.25, 0.3) is 0 Å². The van der Waals surface area contributed by atoms with E-state index in [1.807, 2.05) is 0 Å². The summed E-state index contributed by atoms with van der Waals surface area (Å²) in [6, 6.07) is 9.88. The van der Waals surface area contributed by atoms with Crippen molar-refractivity contribution in [3.05, 3.63) is 35.4 Å². The van der Waals surface area contributed by atoms with Crippen molar-refractivity contribution in [2.75, 3.05) is 6.54 Å². The normalized spacial score (nSPS) is 18.4. The Labute approximate surface area is 118 Å². The second-order valence-electron chi connectivity index (χ2n) is 5.93. The average Bonchev–Trinajstić information content (AvgIpc) is 2.49. The molecule has 1 aromatic rings. The van der Waals surface area contributed by atoms with Crippen LogP contribution in [-0.4, -0.2) is 6.54 Å². The maximum Gasteiger partial charge on any atom is 0.0348 e. The first-order valence-electron chi connectivity index (χ1n) is 8.17. The third-order valence-corrected chi connectivity index (χ3v) is 4.48. The van der Waals surface area contributed by atoms with Gasteiger partial charge in [-0.05, 0) is 49.3 Å². The quantitative estimate of drug-likeness (QED) is 0.768. The Morgan fingerprint density at radius 1 is 1.05 bits per heavy atom. The van der Waals surface area contributed by atoms with Crippen LogP contribution in [0.4, 0.5) is 0 Å². The third-order valence-electron chi connectivity index (χ3n) is 4.48. The molecule has 2 rings (SSSR count). The van der Waals surface area contributed by atoms with Crippen LogP contribution in [0.5, 0.6) is 0 Å². The van der Waals surface area contributed by atoms with Gasteiger partial charge < -0.3 is 5.32 Å². The molecule has 106 valence electrons. The SMILES string of the molecule is CCCNC(c1ccc(CC)cc1)C1CCCCC1. The minimum Gasteiger partial charge on any atom is -0.310 e. The summed E-state index contributed by atoms with van der Waals surface area (Å²) in [5, 5.41) is 3.79. The van der Waals surface area contributed by atoms with E-state index in [0.29, 0.717) is 6.04 Å². The molecule has 1 nitrogen and oxygen atoms in total. The molecule has 1 atom stereocenters. The molecular formula is C18H29N. The predicted molar refractivity (Wildman–Crippen MR) is 83.4 cm³/mol. The smallest absolute Gasteiger partial charge is 0.0348 e. The Morgan fingerprint density at radius 2 is 1.74 bits per heavy atom. The molecular weight excluding hydrogens is 230 g/mol. The molecule has 0 aromatic heterocycles. The van der Waals surface area contributed by atoms with E-state index in [2.05, 4.69) is 43.4 Å². The van der Waals surface area contributed by atoms with Crippen molar-refractivity contribution in [1.29, 1.82) is 0 Å². The maximum absolute atomic E-state index is 3.79.